The highest BCUT2D eigenvalue weighted by Crippen LogP contribution is 2.27. The maximum atomic E-state index is 11.0. The van der Waals surface area contributed by atoms with Crippen LogP contribution in [0.3, 0.4) is 0 Å². The molecule has 0 aliphatic carbocycles. The van der Waals surface area contributed by atoms with Gasteiger partial charge in [-0.3, -0.25) is 4.79 Å². The maximum absolute atomic E-state index is 11.0. The summed E-state index contributed by atoms with van der Waals surface area (Å²) in [5.41, 5.74) is -1.48. The van der Waals surface area contributed by atoms with Crippen molar-refractivity contribution in [2.24, 2.45) is 11.3 Å². The number of carboxylic acid groups (broad SMARTS) is 2. The Kier molecular flexibility index (Phi) is 7.76. The van der Waals surface area contributed by atoms with Gasteiger partial charge in [0.05, 0.1) is 0 Å². The first-order valence-corrected chi connectivity index (χ1v) is 4.94. The molecule has 0 aromatic rings. The zero-order chi connectivity index (χ0) is 15.9. The average Bonchev–Trinajstić information content (AvgIpc) is 2.30. The van der Waals surface area contributed by atoms with E-state index in [9.17, 15) is 22.8 Å². The first kappa shape index (κ1) is 19.5. The van der Waals surface area contributed by atoms with E-state index in [1.54, 1.807) is 13.8 Å². The van der Waals surface area contributed by atoms with Crippen LogP contribution in [0, 0.1) is 5.41 Å². The fourth-order valence-electron chi connectivity index (χ4n) is 1.04. The molecule has 112 valence electrons. The molecular formula is C9H14F3NO6. The Balaban J connectivity index is 0. The Morgan fingerprint density at radius 1 is 1.05 bits per heavy atom. The monoisotopic (exact) mass is 289 g/mol. The normalized spacial score (nSPS) is 11.1. The number of carbonyl (C=O) groups excluding carboxylic acids is 1. The first-order valence-electron chi connectivity index (χ1n) is 4.94. The van der Waals surface area contributed by atoms with E-state index in [2.05, 4.69) is 10.7 Å². The maximum Gasteiger partial charge on any atom is 0.490 e. The number of hydrogen-bond acceptors (Lipinski definition) is 5. The molecule has 10 heteroatoms. The third-order valence-corrected chi connectivity index (χ3v) is 2.36. The number of carbonyl (C=O) groups is 3. The highest BCUT2D eigenvalue weighted by Gasteiger charge is 2.44. The second-order valence-corrected chi connectivity index (χ2v) is 3.30. The van der Waals surface area contributed by atoms with Crippen molar-refractivity contribution in [1.29, 1.82) is 0 Å². The van der Waals surface area contributed by atoms with Gasteiger partial charge in [-0.25, -0.2) is 9.59 Å². The van der Waals surface area contributed by atoms with Crippen LogP contribution in [-0.4, -0.2) is 34.3 Å². The molecule has 0 fully saturated rings. The molecule has 0 heterocycles. The summed E-state index contributed by atoms with van der Waals surface area (Å²) in [6.45, 7) is 3.21. The van der Waals surface area contributed by atoms with Crippen LogP contribution in [0.15, 0.2) is 0 Å². The molecule has 7 nitrogen and oxygen atoms in total. The molecule has 0 saturated heterocycles. The van der Waals surface area contributed by atoms with E-state index >= 15 is 0 Å². The average molecular weight is 289 g/mol. The van der Waals surface area contributed by atoms with Crippen LogP contribution in [0.2, 0.25) is 0 Å². The smallest absolute Gasteiger partial charge is 0.480 e. The van der Waals surface area contributed by atoms with E-state index in [-0.39, 0.29) is 12.8 Å². The van der Waals surface area contributed by atoms with Gasteiger partial charge < -0.3 is 15.1 Å². The van der Waals surface area contributed by atoms with E-state index in [1.165, 1.54) is 0 Å². The zero-order valence-corrected chi connectivity index (χ0v) is 10.2. The fraction of sp³-hybridized carbons (Fsp3) is 0.667. The van der Waals surface area contributed by atoms with Gasteiger partial charge in [-0.1, -0.05) is 13.8 Å². The lowest BCUT2D eigenvalue weighted by Gasteiger charge is -2.22. The number of halogens is 3. The Morgan fingerprint density at radius 3 is 1.42 bits per heavy atom. The molecule has 4 N–H and O–H groups in total. The molecule has 0 aromatic carbocycles. The van der Waals surface area contributed by atoms with Crippen molar-refractivity contribution in [3.05, 3.63) is 0 Å². The van der Waals surface area contributed by atoms with Crippen molar-refractivity contribution in [3.63, 3.8) is 0 Å². The third-order valence-electron chi connectivity index (χ3n) is 2.36. The van der Waals surface area contributed by atoms with Gasteiger partial charge in [-0.2, -0.15) is 19.1 Å². The fourth-order valence-corrected chi connectivity index (χ4v) is 1.04. The summed E-state index contributed by atoms with van der Waals surface area (Å²) >= 11 is 0. The van der Waals surface area contributed by atoms with Crippen molar-refractivity contribution >= 4 is 17.9 Å². The minimum absolute atomic E-state index is 0.175. The summed E-state index contributed by atoms with van der Waals surface area (Å²) in [4.78, 5) is 34.6. The van der Waals surface area contributed by atoms with Gasteiger partial charge in [0, 0.05) is 0 Å². The molecule has 0 aliphatic heterocycles. The summed E-state index contributed by atoms with van der Waals surface area (Å²) in [5, 5.41) is 15.9. The second kappa shape index (κ2) is 7.56. The minimum atomic E-state index is -5.08. The molecule has 0 aromatic heterocycles. The van der Waals surface area contributed by atoms with Crippen LogP contribution in [0.5, 0.6) is 0 Å². The predicted molar refractivity (Wildman–Crippen MR) is 54.6 cm³/mol. The highest BCUT2D eigenvalue weighted by molar-refractivity contribution is 5.98. The molecule has 0 atom stereocenters. The van der Waals surface area contributed by atoms with Crippen molar-refractivity contribution in [2.75, 3.05) is 0 Å². The Bertz CT molecular complexity index is 337. The third kappa shape index (κ3) is 5.55. The van der Waals surface area contributed by atoms with Gasteiger partial charge >= 0.3 is 24.1 Å². The van der Waals surface area contributed by atoms with E-state index in [0.29, 0.717) is 0 Å². The number of alkyl halides is 3. The van der Waals surface area contributed by atoms with Crippen LogP contribution in [0.4, 0.5) is 13.2 Å². The van der Waals surface area contributed by atoms with E-state index < -0.39 is 29.5 Å². The quantitative estimate of drug-likeness (QED) is 0.519. The Hall–Kier alpha value is -1.84. The van der Waals surface area contributed by atoms with Crippen molar-refractivity contribution in [3.8, 4) is 0 Å². The van der Waals surface area contributed by atoms with Gasteiger partial charge in [0.1, 0.15) is 0 Å². The van der Waals surface area contributed by atoms with Gasteiger partial charge in [-0.15, -0.1) is 0 Å². The van der Waals surface area contributed by atoms with E-state index in [0.717, 1.165) is 0 Å². The lowest BCUT2D eigenvalue weighted by molar-refractivity contribution is -0.192. The topological polar surface area (TPSA) is 127 Å². The van der Waals surface area contributed by atoms with Crippen LogP contribution in [0.25, 0.3) is 0 Å². The van der Waals surface area contributed by atoms with Crippen molar-refractivity contribution in [2.45, 2.75) is 32.9 Å². The first-order chi connectivity index (χ1) is 8.49. The Morgan fingerprint density at radius 2 is 1.37 bits per heavy atom. The van der Waals surface area contributed by atoms with E-state index in [1.807, 2.05) is 0 Å². The summed E-state index contributed by atoms with van der Waals surface area (Å²) in [5.74, 6) is -0.203. The molecule has 0 radical (unpaired) electrons. The highest BCUT2D eigenvalue weighted by atomic mass is 19.4. The SMILES string of the molecule is CCC(CC)(C(=O)O)C(=O)ON.O=C(O)C(F)(F)F. The summed E-state index contributed by atoms with van der Waals surface area (Å²) in [6, 6.07) is 0. The predicted octanol–water partition coefficient (Wildman–Crippen LogP) is 0.928. The number of nitrogens with two attached hydrogens (primary N) is 1. The molecule has 0 bridgehead atoms. The lowest BCUT2D eigenvalue weighted by atomic mass is 9.83. The Labute approximate surface area is 106 Å². The largest absolute Gasteiger partial charge is 0.490 e. The minimum Gasteiger partial charge on any atom is -0.480 e. The summed E-state index contributed by atoms with van der Waals surface area (Å²) < 4.78 is 31.7. The molecule has 0 rings (SSSR count). The second-order valence-electron chi connectivity index (χ2n) is 3.30. The number of hydrogen-bond donors (Lipinski definition) is 3. The molecule has 0 aliphatic rings. The van der Waals surface area contributed by atoms with Crippen LogP contribution in [-0.2, 0) is 19.2 Å². The van der Waals surface area contributed by atoms with Gasteiger partial charge in [0.25, 0.3) is 0 Å². The van der Waals surface area contributed by atoms with Crippen LogP contribution >= 0.6 is 0 Å². The lowest BCUT2D eigenvalue weighted by Crippen LogP contribution is -2.40. The summed E-state index contributed by atoms with van der Waals surface area (Å²) in [7, 11) is 0. The molecule has 0 amide bonds. The molecule has 19 heavy (non-hydrogen) atoms. The van der Waals surface area contributed by atoms with Crippen molar-refractivity contribution < 1.29 is 42.6 Å². The van der Waals surface area contributed by atoms with Crippen molar-refractivity contribution in [1.82, 2.24) is 0 Å². The van der Waals surface area contributed by atoms with Gasteiger partial charge in [-0.05, 0) is 12.8 Å². The molecule has 0 saturated carbocycles. The van der Waals surface area contributed by atoms with E-state index in [4.69, 9.17) is 15.0 Å². The standard InChI is InChI=1S/C7H13NO4.C2HF3O2/c1-3-7(4-2,5(9)10)6(11)12-8;3-2(4,5)1(6)7/h3-4,8H2,1-2H3,(H,9,10);(H,6,7). The molecular weight excluding hydrogens is 275 g/mol. The summed E-state index contributed by atoms with van der Waals surface area (Å²) in [6.07, 6.45) is -4.73. The molecule has 0 unspecified atom stereocenters. The van der Waals surface area contributed by atoms with Gasteiger partial charge in [0.2, 0.25) is 0 Å². The zero-order valence-electron chi connectivity index (χ0n) is 10.2. The number of carboxylic acids is 2. The number of aliphatic carboxylic acids is 2. The van der Waals surface area contributed by atoms with Crippen LogP contribution < -0.4 is 5.90 Å². The van der Waals surface area contributed by atoms with Crippen LogP contribution in [0.1, 0.15) is 26.7 Å². The molecule has 0 spiro atoms. The number of rotatable bonds is 4. The van der Waals surface area contributed by atoms with Gasteiger partial charge in [0.15, 0.2) is 5.41 Å².